The molecule has 0 bridgehead atoms. The Hall–Kier alpha value is -1.66. The molecule has 1 aliphatic heterocycles. The molecule has 2 rings (SSSR count). The summed E-state index contributed by atoms with van der Waals surface area (Å²) in [4.78, 5) is 28.5. The van der Waals surface area contributed by atoms with Gasteiger partial charge in [-0.2, -0.15) is 0 Å². The van der Waals surface area contributed by atoms with Gasteiger partial charge in [-0.3, -0.25) is 9.59 Å². The maximum Gasteiger partial charge on any atom is 0.225 e. The molecule has 7 heteroatoms. The number of carbonyl (C=O) groups excluding carboxylic acids is 2. The summed E-state index contributed by atoms with van der Waals surface area (Å²) in [6.07, 6.45) is 1.93. The molecule has 2 amide bonds. The average molecular weight is 384 g/mol. The highest BCUT2D eigenvalue weighted by molar-refractivity contribution is 6.30. The maximum atomic E-state index is 13.7. The number of hydrogen-bond acceptors (Lipinski definition) is 3. The van der Waals surface area contributed by atoms with E-state index in [1.54, 1.807) is 0 Å². The van der Waals surface area contributed by atoms with E-state index in [4.69, 9.17) is 11.6 Å². The summed E-state index contributed by atoms with van der Waals surface area (Å²) in [6.45, 7) is 7.71. The van der Waals surface area contributed by atoms with Gasteiger partial charge in [-0.05, 0) is 58.0 Å². The lowest BCUT2D eigenvalue weighted by atomic mass is 9.95. The molecule has 0 atom stereocenters. The Bertz CT molecular complexity index is 629. The molecule has 1 fully saturated rings. The highest BCUT2D eigenvalue weighted by Crippen LogP contribution is 2.21. The van der Waals surface area contributed by atoms with Gasteiger partial charge in [-0.15, -0.1) is 0 Å². The number of piperidine rings is 1. The smallest absolute Gasteiger partial charge is 0.225 e. The van der Waals surface area contributed by atoms with Crippen molar-refractivity contribution >= 4 is 29.1 Å². The number of likely N-dealkylation sites (tertiary alicyclic amines) is 1. The van der Waals surface area contributed by atoms with Crippen LogP contribution in [0.25, 0.3) is 0 Å². The molecule has 1 aromatic carbocycles. The SMILES string of the molecule is CCN(CC)C(=O)C1CCN(CCC(=O)Nc2ccc(Cl)cc2F)CC1. The topological polar surface area (TPSA) is 52.7 Å². The van der Waals surface area contributed by atoms with Crippen molar-refractivity contribution in [3.63, 3.8) is 0 Å². The van der Waals surface area contributed by atoms with E-state index in [1.807, 2.05) is 18.7 Å². The molecular formula is C19H27ClFN3O2. The minimum absolute atomic E-state index is 0.0862. The van der Waals surface area contributed by atoms with E-state index < -0.39 is 5.82 Å². The molecule has 1 saturated heterocycles. The summed E-state index contributed by atoms with van der Waals surface area (Å²) < 4.78 is 13.7. The first kappa shape index (κ1) is 20.6. The molecule has 26 heavy (non-hydrogen) atoms. The molecule has 144 valence electrons. The van der Waals surface area contributed by atoms with Crippen molar-refractivity contribution in [3.8, 4) is 0 Å². The third kappa shape index (κ3) is 5.68. The van der Waals surface area contributed by atoms with Crippen LogP contribution < -0.4 is 5.32 Å². The van der Waals surface area contributed by atoms with Crippen molar-refractivity contribution in [2.75, 3.05) is 38.0 Å². The fourth-order valence-corrected chi connectivity index (χ4v) is 3.42. The standard InChI is InChI=1S/C19H27ClFN3O2/c1-3-24(4-2)19(26)14-7-10-23(11-8-14)12-9-18(25)22-17-6-5-15(20)13-16(17)21/h5-6,13-14H,3-4,7-12H2,1-2H3,(H,22,25). The monoisotopic (exact) mass is 383 g/mol. The van der Waals surface area contributed by atoms with Crippen molar-refractivity contribution in [1.82, 2.24) is 9.80 Å². The Kier molecular flexibility index (Phi) is 7.85. The third-order valence-corrected chi connectivity index (χ3v) is 5.11. The number of hydrogen-bond donors (Lipinski definition) is 1. The number of rotatable bonds is 7. The van der Waals surface area contributed by atoms with Gasteiger partial charge in [-0.25, -0.2) is 4.39 Å². The number of halogens is 2. The van der Waals surface area contributed by atoms with Gasteiger partial charge in [-0.1, -0.05) is 11.6 Å². The van der Waals surface area contributed by atoms with Crippen LogP contribution in [-0.4, -0.2) is 54.3 Å². The maximum absolute atomic E-state index is 13.7. The molecule has 0 unspecified atom stereocenters. The number of amides is 2. The Labute approximate surface area is 159 Å². The average Bonchev–Trinajstić information content (AvgIpc) is 2.63. The van der Waals surface area contributed by atoms with Gasteiger partial charge in [0.2, 0.25) is 11.8 Å². The molecule has 1 aromatic rings. The summed E-state index contributed by atoms with van der Waals surface area (Å²) in [5.74, 6) is -0.442. The van der Waals surface area contributed by atoms with E-state index in [1.165, 1.54) is 18.2 Å². The van der Waals surface area contributed by atoms with Crippen LogP contribution in [0.3, 0.4) is 0 Å². The molecule has 5 nitrogen and oxygen atoms in total. The van der Waals surface area contributed by atoms with Gasteiger partial charge in [0.1, 0.15) is 5.82 Å². The van der Waals surface area contributed by atoms with Crippen molar-refractivity contribution in [1.29, 1.82) is 0 Å². The van der Waals surface area contributed by atoms with Crippen LogP contribution in [0.4, 0.5) is 10.1 Å². The molecule has 1 N–H and O–H groups in total. The Morgan fingerprint density at radius 3 is 2.50 bits per heavy atom. The van der Waals surface area contributed by atoms with Crippen molar-refractivity contribution in [3.05, 3.63) is 29.0 Å². The minimum atomic E-state index is -0.540. The van der Waals surface area contributed by atoms with Crippen molar-refractivity contribution < 1.29 is 14.0 Å². The van der Waals surface area contributed by atoms with E-state index in [0.29, 0.717) is 11.6 Å². The molecule has 1 aliphatic rings. The Morgan fingerprint density at radius 1 is 1.27 bits per heavy atom. The van der Waals surface area contributed by atoms with Gasteiger partial charge in [0, 0.05) is 37.0 Å². The number of benzene rings is 1. The Balaban J connectivity index is 1.74. The summed E-state index contributed by atoms with van der Waals surface area (Å²) in [5, 5.41) is 2.87. The largest absolute Gasteiger partial charge is 0.343 e. The van der Waals surface area contributed by atoms with Crippen LogP contribution in [0, 0.1) is 11.7 Å². The number of anilines is 1. The summed E-state index contributed by atoms with van der Waals surface area (Å²) in [5.41, 5.74) is 0.142. The second-order valence-electron chi connectivity index (χ2n) is 6.55. The van der Waals surface area contributed by atoms with E-state index in [-0.39, 0.29) is 29.8 Å². The minimum Gasteiger partial charge on any atom is -0.343 e. The van der Waals surface area contributed by atoms with Crippen LogP contribution in [0.1, 0.15) is 33.1 Å². The van der Waals surface area contributed by atoms with Crippen LogP contribution in [0.15, 0.2) is 18.2 Å². The number of nitrogens with one attached hydrogen (secondary N) is 1. The highest BCUT2D eigenvalue weighted by atomic mass is 35.5. The van der Waals surface area contributed by atoms with Crippen molar-refractivity contribution in [2.24, 2.45) is 5.92 Å². The predicted molar refractivity (Wildman–Crippen MR) is 102 cm³/mol. The van der Waals surface area contributed by atoms with Crippen LogP contribution in [-0.2, 0) is 9.59 Å². The third-order valence-electron chi connectivity index (χ3n) is 4.87. The zero-order chi connectivity index (χ0) is 19.1. The molecular weight excluding hydrogens is 357 g/mol. The zero-order valence-electron chi connectivity index (χ0n) is 15.4. The second-order valence-corrected chi connectivity index (χ2v) is 6.99. The lowest BCUT2D eigenvalue weighted by Gasteiger charge is -2.33. The van der Waals surface area contributed by atoms with Crippen LogP contribution >= 0.6 is 11.6 Å². The van der Waals surface area contributed by atoms with E-state index in [9.17, 15) is 14.0 Å². The van der Waals surface area contributed by atoms with Gasteiger partial charge in [0.05, 0.1) is 5.69 Å². The zero-order valence-corrected chi connectivity index (χ0v) is 16.2. The van der Waals surface area contributed by atoms with Gasteiger partial charge < -0.3 is 15.1 Å². The molecule has 0 aromatic heterocycles. The normalized spacial score (nSPS) is 15.7. The summed E-state index contributed by atoms with van der Waals surface area (Å²) in [6, 6.07) is 4.17. The number of carbonyl (C=O) groups is 2. The molecule has 0 saturated carbocycles. The fraction of sp³-hybridized carbons (Fsp3) is 0.579. The fourth-order valence-electron chi connectivity index (χ4n) is 3.26. The Morgan fingerprint density at radius 2 is 1.92 bits per heavy atom. The molecule has 0 radical (unpaired) electrons. The molecule has 1 heterocycles. The first-order chi connectivity index (χ1) is 12.4. The molecule has 0 aliphatic carbocycles. The lowest BCUT2D eigenvalue weighted by Crippen LogP contribution is -2.43. The van der Waals surface area contributed by atoms with Crippen LogP contribution in [0.5, 0.6) is 0 Å². The number of nitrogens with zero attached hydrogens (tertiary/aromatic N) is 2. The highest BCUT2D eigenvalue weighted by Gasteiger charge is 2.27. The van der Waals surface area contributed by atoms with E-state index >= 15 is 0 Å². The van der Waals surface area contributed by atoms with Crippen LogP contribution in [0.2, 0.25) is 5.02 Å². The second kappa shape index (κ2) is 9.88. The lowest BCUT2D eigenvalue weighted by molar-refractivity contribution is -0.136. The quantitative estimate of drug-likeness (QED) is 0.785. The van der Waals surface area contributed by atoms with Gasteiger partial charge in [0.25, 0.3) is 0 Å². The van der Waals surface area contributed by atoms with Crippen molar-refractivity contribution in [2.45, 2.75) is 33.1 Å². The molecule has 0 spiro atoms. The van der Waals surface area contributed by atoms with E-state index in [2.05, 4.69) is 10.2 Å². The predicted octanol–water partition coefficient (Wildman–Crippen LogP) is 3.39. The van der Waals surface area contributed by atoms with Gasteiger partial charge >= 0.3 is 0 Å². The summed E-state index contributed by atoms with van der Waals surface area (Å²) in [7, 11) is 0. The van der Waals surface area contributed by atoms with Gasteiger partial charge in [0.15, 0.2) is 0 Å². The first-order valence-corrected chi connectivity index (χ1v) is 9.58. The first-order valence-electron chi connectivity index (χ1n) is 9.20. The van der Waals surface area contributed by atoms with E-state index in [0.717, 1.165) is 39.0 Å². The summed E-state index contributed by atoms with van der Waals surface area (Å²) >= 11 is 5.70.